The van der Waals surface area contributed by atoms with Crippen molar-refractivity contribution in [3.05, 3.63) is 11.1 Å². The molecule has 88 valence electrons. The summed E-state index contributed by atoms with van der Waals surface area (Å²) in [5.41, 5.74) is 6.67. The summed E-state index contributed by atoms with van der Waals surface area (Å²) in [6.07, 6.45) is 2.54. The van der Waals surface area contributed by atoms with Crippen LogP contribution in [0.1, 0.15) is 12.1 Å². The summed E-state index contributed by atoms with van der Waals surface area (Å²) in [6.45, 7) is 0. The van der Waals surface area contributed by atoms with Crippen LogP contribution < -0.4 is 11.1 Å². The van der Waals surface area contributed by atoms with E-state index >= 15 is 0 Å². The number of anilines is 1. The van der Waals surface area contributed by atoms with Gasteiger partial charge in [-0.2, -0.15) is 17.0 Å². The van der Waals surface area contributed by atoms with Gasteiger partial charge in [0.05, 0.1) is 11.8 Å². The van der Waals surface area contributed by atoms with E-state index in [9.17, 15) is 0 Å². The van der Waals surface area contributed by atoms with Crippen molar-refractivity contribution in [2.75, 3.05) is 17.3 Å². The van der Waals surface area contributed by atoms with E-state index in [2.05, 4.69) is 16.4 Å². The number of nitrogens with one attached hydrogen (secondary N) is 1. The van der Waals surface area contributed by atoms with Crippen LogP contribution in [0.5, 0.6) is 0 Å². The molecule has 0 spiro atoms. The molecule has 1 heterocycles. The van der Waals surface area contributed by atoms with Crippen molar-refractivity contribution in [1.29, 1.82) is 5.26 Å². The van der Waals surface area contributed by atoms with Gasteiger partial charge in [0.1, 0.15) is 5.50 Å². The highest BCUT2D eigenvalue weighted by Crippen LogP contribution is 2.20. The zero-order valence-corrected chi connectivity index (χ0v) is 11.4. The minimum absolute atomic E-state index is 0.106. The van der Waals surface area contributed by atoms with Crippen molar-refractivity contribution in [3.63, 3.8) is 0 Å². The monoisotopic (exact) mass is 274 g/mol. The molecule has 0 radical (unpaired) electrons. The van der Waals surface area contributed by atoms with Gasteiger partial charge >= 0.3 is 0 Å². The van der Waals surface area contributed by atoms with Crippen LogP contribution >= 0.6 is 34.9 Å². The topological polar surface area (TPSA) is 74.7 Å². The first kappa shape index (κ1) is 13.6. The zero-order chi connectivity index (χ0) is 11.8. The van der Waals surface area contributed by atoms with E-state index in [4.69, 9.17) is 11.0 Å². The molecular formula is C9H14N4S3. The predicted octanol–water partition coefficient (Wildman–Crippen LogP) is 2.31. The third-order valence-corrected chi connectivity index (χ3v) is 4.12. The van der Waals surface area contributed by atoms with Gasteiger partial charge in [0.25, 0.3) is 0 Å². The number of aromatic nitrogens is 1. The molecule has 1 unspecified atom stereocenters. The van der Waals surface area contributed by atoms with E-state index in [-0.39, 0.29) is 5.50 Å². The maximum atomic E-state index is 8.39. The Morgan fingerprint density at radius 1 is 1.75 bits per heavy atom. The molecule has 1 aromatic heterocycles. The molecule has 1 rings (SSSR count). The summed E-state index contributed by atoms with van der Waals surface area (Å²) in [6, 6.07) is 2.12. The van der Waals surface area contributed by atoms with Crippen LogP contribution in [-0.2, 0) is 5.75 Å². The lowest BCUT2D eigenvalue weighted by Crippen LogP contribution is -2.24. The number of hydrogen-bond donors (Lipinski definition) is 2. The van der Waals surface area contributed by atoms with Gasteiger partial charge in [-0.1, -0.05) is 0 Å². The Bertz CT molecular complexity index is 347. The Morgan fingerprint density at radius 3 is 3.25 bits per heavy atom. The predicted molar refractivity (Wildman–Crippen MR) is 73.6 cm³/mol. The van der Waals surface area contributed by atoms with Gasteiger partial charge in [-0.25, -0.2) is 4.98 Å². The van der Waals surface area contributed by atoms with Crippen LogP contribution in [0.25, 0.3) is 0 Å². The summed E-state index contributed by atoms with van der Waals surface area (Å²) in [5.74, 6) is 1.72. The first-order chi connectivity index (χ1) is 7.76. The minimum Gasteiger partial charge on any atom is -0.337 e. The Kier molecular flexibility index (Phi) is 6.64. The first-order valence-corrected chi connectivity index (χ1v) is 8.02. The molecule has 7 heteroatoms. The molecule has 3 N–H and O–H groups in total. The molecule has 16 heavy (non-hydrogen) atoms. The summed E-state index contributed by atoms with van der Waals surface area (Å²) < 4.78 is 0. The molecule has 1 aromatic rings. The molecule has 1 atom stereocenters. The standard InChI is InChI=1S/C9H14N4S3/c1-14-8(11)13-9-12-7(6-16-9)5-15-4-2-3-10/h6,8H,2,4-5,11H2,1H3,(H,12,13). The van der Waals surface area contributed by atoms with Gasteiger partial charge in [0.15, 0.2) is 5.13 Å². The molecule has 0 saturated heterocycles. The molecule has 0 saturated carbocycles. The number of thiazole rings is 1. The number of nitriles is 1. The van der Waals surface area contributed by atoms with Crippen molar-refractivity contribution >= 4 is 40.0 Å². The zero-order valence-electron chi connectivity index (χ0n) is 8.97. The quantitative estimate of drug-likeness (QED) is 0.587. The Labute approximate surface area is 108 Å². The molecular weight excluding hydrogens is 260 g/mol. The second kappa shape index (κ2) is 7.79. The van der Waals surface area contributed by atoms with Gasteiger partial charge in [0.2, 0.25) is 0 Å². The maximum Gasteiger partial charge on any atom is 0.184 e. The molecule has 0 amide bonds. The number of thioether (sulfide) groups is 2. The summed E-state index contributed by atoms with van der Waals surface area (Å²) >= 11 is 4.83. The molecule has 0 aromatic carbocycles. The maximum absolute atomic E-state index is 8.39. The Balaban J connectivity index is 2.31. The number of hydrogen-bond acceptors (Lipinski definition) is 7. The van der Waals surface area contributed by atoms with Crippen LogP contribution in [0.2, 0.25) is 0 Å². The largest absolute Gasteiger partial charge is 0.337 e. The van der Waals surface area contributed by atoms with Crippen LogP contribution in [0.15, 0.2) is 5.38 Å². The van der Waals surface area contributed by atoms with E-state index in [0.29, 0.717) is 6.42 Å². The summed E-state index contributed by atoms with van der Waals surface area (Å²) in [7, 11) is 0. The van der Waals surface area contributed by atoms with Crippen molar-refractivity contribution in [2.45, 2.75) is 17.7 Å². The highest BCUT2D eigenvalue weighted by molar-refractivity contribution is 7.99. The number of nitrogens with two attached hydrogens (primary N) is 1. The second-order valence-electron chi connectivity index (χ2n) is 2.91. The normalized spacial score (nSPS) is 12.1. The number of rotatable bonds is 7. The highest BCUT2D eigenvalue weighted by atomic mass is 32.2. The summed E-state index contributed by atoms with van der Waals surface area (Å²) in [5, 5.41) is 14.4. The highest BCUT2D eigenvalue weighted by Gasteiger charge is 2.04. The van der Waals surface area contributed by atoms with Crippen molar-refractivity contribution in [3.8, 4) is 6.07 Å². The van der Waals surface area contributed by atoms with Crippen LogP contribution in [0.3, 0.4) is 0 Å². The van der Waals surface area contributed by atoms with Crippen LogP contribution in [0.4, 0.5) is 5.13 Å². The third kappa shape index (κ3) is 5.07. The van der Waals surface area contributed by atoms with Gasteiger partial charge in [-0.15, -0.1) is 23.1 Å². The SMILES string of the molecule is CSC(N)Nc1nc(CSCCC#N)cs1. The fraction of sp³-hybridized carbons (Fsp3) is 0.556. The lowest BCUT2D eigenvalue weighted by molar-refractivity contribution is 1.05. The molecule has 0 aliphatic carbocycles. The lowest BCUT2D eigenvalue weighted by atomic mass is 10.6. The average molecular weight is 274 g/mol. The van der Waals surface area contributed by atoms with E-state index in [1.54, 1.807) is 34.9 Å². The smallest absolute Gasteiger partial charge is 0.184 e. The van der Waals surface area contributed by atoms with Gasteiger partial charge in [0, 0.05) is 23.3 Å². The van der Waals surface area contributed by atoms with E-state index in [0.717, 1.165) is 22.3 Å². The van der Waals surface area contributed by atoms with Gasteiger partial charge < -0.3 is 11.1 Å². The Hall–Kier alpha value is -0.420. The van der Waals surface area contributed by atoms with Crippen molar-refractivity contribution in [1.82, 2.24) is 4.98 Å². The molecule has 0 aliphatic rings. The van der Waals surface area contributed by atoms with Crippen LogP contribution in [0, 0.1) is 11.3 Å². The van der Waals surface area contributed by atoms with Gasteiger partial charge in [-0.05, 0) is 6.26 Å². The fourth-order valence-electron chi connectivity index (χ4n) is 0.915. The Morgan fingerprint density at radius 2 is 2.56 bits per heavy atom. The molecule has 4 nitrogen and oxygen atoms in total. The van der Waals surface area contributed by atoms with E-state index in [1.807, 2.05) is 11.6 Å². The minimum atomic E-state index is -0.106. The number of nitrogens with zero attached hydrogens (tertiary/aromatic N) is 2. The molecule has 0 bridgehead atoms. The van der Waals surface area contributed by atoms with E-state index < -0.39 is 0 Å². The lowest BCUT2D eigenvalue weighted by Gasteiger charge is -2.08. The van der Waals surface area contributed by atoms with Crippen molar-refractivity contribution < 1.29 is 0 Å². The molecule has 0 aliphatic heterocycles. The van der Waals surface area contributed by atoms with Gasteiger partial charge in [-0.3, -0.25) is 0 Å². The second-order valence-corrected chi connectivity index (χ2v) is 5.85. The van der Waals surface area contributed by atoms with Crippen LogP contribution in [-0.4, -0.2) is 22.5 Å². The average Bonchev–Trinajstić information content (AvgIpc) is 2.72. The van der Waals surface area contributed by atoms with E-state index in [1.165, 1.54) is 0 Å². The van der Waals surface area contributed by atoms with Crippen molar-refractivity contribution in [2.24, 2.45) is 5.73 Å². The first-order valence-electron chi connectivity index (χ1n) is 4.70. The molecule has 0 fully saturated rings. The fourth-order valence-corrected chi connectivity index (χ4v) is 2.81. The third-order valence-electron chi connectivity index (χ3n) is 1.68. The summed E-state index contributed by atoms with van der Waals surface area (Å²) in [4.78, 5) is 4.41.